The normalized spacial score (nSPS) is 21.4. The molecule has 1 aromatic carbocycles. The van der Waals surface area contributed by atoms with E-state index in [0.29, 0.717) is 24.1 Å². The average molecular weight is 637 g/mol. The van der Waals surface area contributed by atoms with Crippen molar-refractivity contribution in [3.63, 3.8) is 0 Å². The Kier molecular flexibility index (Phi) is 7.18. The summed E-state index contributed by atoms with van der Waals surface area (Å²) in [6.07, 6.45) is 3.96. The highest BCUT2D eigenvalue weighted by atomic mass is 79.9. The predicted octanol–water partition coefficient (Wildman–Crippen LogP) is 7.53. The summed E-state index contributed by atoms with van der Waals surface area (Å²) in [7, 11) is 1.58. The van der Waals surface area contributed by atoms with Crippen LogP contribution in [-0.4, -0.2) is 48.4 Å². The zero-order chi connectivity index (χ0) is 29.4. The molecule has 1 saturated heterocycles. The van der Waals surface area contributed by atoms with Crippen LogP contribution in [0.4, 0.5) is 20.6 Å². The largest absolute Gasteiger partial charge is 0.460 e. The van der Waals surface area contributed by atoms with E-state index < -0.39 is 23.1 Å². The Hall–Kier alpha value is -2.39. The van der Waals surface area contributed by atoms with Crippen LogP contribution >= 0.6 is 27.5 Å². The molecule has 0 bridgehead atoms. The summed E-state index contributed by atoms with van der Waals surface area (Å²) in [4.78, 5) is 33.7. The van der Waals surface area contributed by atoms with Gasteiger partial charge < -0.3 is 14.4 Å². The van der Waals surface area contributed by atoms with E-state index in [-0.39, 0.29) is 22.3 Å². The van der Waals surface area contributed by atoms with Gasteiger partial charge in [-0.3, -0.25) is 14.7 Å². The van der Waals surface area contributed by atoms with Crippen LogP contribution in [-0.2, 0) is 20.7 Å². The van der Waals surface area contributed by atoms with Crippen molar-refractivity contribution in [2.24, 2.45) is 11.3 Å². The van der Waals surface area contributed by atoms with Gasteiger partial charge >= 0.3 is 12.1 Å². The van der Waals surface area contributed by atoms with Crippen molar-refractivity contribution in [2.45, 2.75) is 78.4 Å². The molecule has 1 aromatic heterocycles. The number of halogens is 3. The van der Waals surface area contributed by atoms with E-state index >= 15 is 4.39 Å². The van der Waals surface area contributed by atoms with Crippen molar-refractivity contribution < 1.29 is 23.5 Å². The number of benzene rings is 1. The van der Waals surface area contributed by atoms with Crippen molar-refractivity contribution in [3.8, 4) is 11.1 Å². The molecular weight excluding hydrogens is 601 g/mol. The van der Waals surface area contributed by atoms with Gasteiger partial charge in [-0.25, -0.2) is 9.18 Å². The number of nitrogens with zero attached hydrogens (tertiary/aromatic N) is 3. The van der Waals surface area contributed by atoms with Gasteiger partial charge in [0.1, 0.15) is 17.0 Å². The van der Waals surface area contributed by atoms with Crippen molar-refractivity contribution in [2.75, 3.05) is 29.9 Å². The van der Waals surface area contributed by atoms with Crippen molar-refractivity contribution >= 4 is 51.0 Å². The minimum absolute atomic E-state index is 0.0133. The molecule has 5 rings (SSSR count). The third-order valence-electron chi connectivity index (χ3n) is 7.91. The molecule has 3 aliphatic rings. The molecule has 1 aliphatic heterocycles. The molecular formula is C30H36BrClFN3O4. The fraction of sp³-hybridized carbons (Fsp3) is 0.567. The Labute approximate surface area is 248 Å². The topological polar surface area (TPSA) is 72.0 Å². The highest BCUT2D eigenvalue weighted by Gasteiger charge is 2.58. The fourth-order valence-corrected chi connectivity index (χ4v) is 6.91. The summed E-state index contributed by atoms with van der Waals surface area (Å²) in [6, 6.07) is 1.29. The third-order valence-corrected chi connectivity index (χ3v) is 8.86. The number of carbonyl (C=O) groups excluding carboxylic acids is 2. The number of hydrogen-bond acceptors (Lipinski definition) is 6. The Morgan fingerprint density at radius 2 is 1.88 bits per heavy atom. The maximum absolute atomic E-state index is 15.3. The van der Waals surface area contributed by atoms with Gasteiger partial charge in [-0.15, -0.1) is 0 Å². The van der Waals surface area contributed by atoms with Gasteiger partial charge in [0, 0.05) is 50.3 Å². The summed E-state index contributed by atoms with van der Waals surface area (Å²) in [5.41, 5.74) is 3.06. The molecule has 0 radical (unpaired) electrons. The average Bonchev–Trinajstić information content (AvgIpc) is 3.13. The molecule has 1 spiro atoms. The van der Waals surface area contributed by atoms with Crippen LogP contribution in [0.2, 0.25) is 5.02 Å². The summed E-state index contributed by atoms with van der Waals surface area (Å²) < 4.78 is 27.2. The van der Waals surface area contributed by atoms with Gasteiger partial charge in [-0.05, 0) is 93.3 Å². The Balaban J connectivity index is 1.46. The van der Waals surface area contributed by atoms with Crippen LogP contribution in [0, 0.1) is 17.2 Å². The minimum atomic E-state index is -0.697. The number of esters is 1. The van der Waals surface area contributed by atoms with E-state index in [4.69, 9.17) is 21.1 Å². The molecule has 2 aromatic rings. The lowest BCUT2D eigenvalue weighted by molar-refractivity contribution is -0.155. The van der Waals surface area contributed by atoms with Gasteiger partial charge in [0.25, 0.3) is 0 Å². The second-order valence-corrected chi connectivity index (χ2v) is 14.5. The van der Waals surface area contributed by atoms with Gasteiger partial charge in [0.2, 0.25) is 0 Å². The summed E-state index contributed by atoms with van der Waals surface area (Å²) in [5, 5.41) is 0.0133. The van der Waals surface area contributed by atoms with E-state index in [1.807, 2.05) is 20.8 Å². The van der Waals surface area contributed by atoms with Crippen LogP contribution in [0.3, 0.4) is 0 Å². The van der Waals surface area contributed by atoms with Crippen molar-refractivity contribution in [3.05, 3.63) is 38.8 Å². The van der Waals surface area contributed by atoms with E-state index in [2.05, 4.69) is 25.8 Å². The Morgan fingerprint density at radius 1 is 1.20 bits per heavy atom. The zero-order valence-electron chi connectivity index (χ0n) is 24.1. The molecule has 0 unspecified atom stereocenters. The van der Waals surface area contributed by atoms with Crippen LogP contribution in [0.15, 0.2) is 16.7 Å². The van der Waals surface area contributed by atoms with Gasteiger partial charge in [-0.2, -0.15) is 0 Å². The van der Waals surface area contributed by atoms with Crippen LogP contribution in [0.25, 0.3) is 11.1 Å². The first kappa shape index (κ1) is 29.1. The predicted molar refractivity (Wildman–Crippen MR) is 158 cm³/mol. The highest BCUT2D eigenvalue weighted by molar-refractivity contribution is 9.10. The first-order valence-electron chi connectivity index (χ1n) is 13.6. The van der Waals surface area contributed by atoms with Crippen LogP contribution < -0.4 is 9.80 Å². The molecule has 216 valence electrons. The number of rotatable bonds is 4. The van der Waals surface area contributed by atoms with E-state index in [1.165, 1.54) is 11.0 Å². The monoisotopic (exact) mass is 635 g/mol. The Morgan fingerprint density at radius 3 is 2.52 bits per heavy atom. The van der Waals surface area contributed by atoms with Crippen molar-refractivity contribution in [1.29, 1.82) is 0 Å². The molecule has 10 heteroatoms. The molecule has 0 N–H and O–H groups in total. The smallest absolute Gasteiger partial charge is 0.414 e. The standard InChI is InChI=1S/C30H36BrClFN3O4/c1-28(2,3)39-22(37)10-16-13-30(16)8-9-36(15-30)26-18(31)14-34-20-11-17-21(35(7)27(38)40-29(4,5)6)12-19(33)25(32)23(17)24(20)26/h12,14,16H,8-11,13,15H2,1-7H3/t16-,30+/m0/s1. The summed E-state index contributed by atoms with van der Waals surface area (Å²) in [6.45, 7) is 12.6. The van der Waals surface area contributed by atoms with Crippen LogP contribution in [0.1, 0.15) is 72.1 Å². The van der Waals surface area contributed by atoms with E-state index in [0.717, 1.165) is 52.9 Å². The number of ether oxygens (including phenoxy) is 2. The minimum Gasteiger partial charge on any atom is -0.460 e. The number of amides is 1. The second kappa shape index (κ2) is 9.86. The molecule has 2 aliphatic carbocycles. The van der Waals surface area contributed by atoms with E-state index in [9.17, 15) is 9.59 Å². The third kappa shape index (κ3) is 5.43. The van der Waals surface area contributed by atoms with Gasteiger partial charge in [-0.1, -0.05) is 11.6 Å². The highest BCUT2D eigenvalue weighted by Crippen LogP contribution is 2.62. The van der Waals surface area contributed by atoms with E-state index in [1.54, 1.807) is 34.0 Å². The fourth-order valence-electron chi connectivity index (χ4n) is 6.10. The maximum atomic E-state index is 15.3. The zero-order valence-corrected chi connectivity index (χ0v) is 26.4. The molecule has 1 amide bonds. The number of aromatic nitrogens is 1. The molecule has 7 nitrogen and oxygen atoms in total. The van der Waals surface area contributed by atoms with Gasteiger partial charge in [0.15, 0.2) is 0 Å². The number of pyridine rings is 1. The second-order valence-electron chi connectivity index (χ2n) is 13.3. The number of anilines is 2. The number of fused-ring (bicyclic) bond motifs is 3. The van der Waals surface area contributed by atoms with Gasteiger partial charge in [0.05, 0.1) is 26.6 Å². The molecule has 40 heavy (non-hydrogen) atoms. The number of carbonyl (C=O) groups is 2. The first-order valence-corrected chi connectivity index (χ1v) is 14.8. The number of hydrogen-bond donors (Lipinski definition) is 0. The lowest BCUT2D eigenvalue weighted by atomic mass is 10.0. The summed E-state index contributed by atoms with van der Waals surface area (Å²) in [5.74, 6) is -0.484. The Bertz CT molecular complexity index is 1400. The SMILES string of the molecule is CN(C(=O)OC(C)(C)C)c1cc(F)c(Cl)c2c1Cc1ncc(Br)c(N3CC[C@@]4(C[C@@H]4CC(=O)OC(C)(C)C)C3)c1-2. The molecule has 1 saturated carbocycles. The van der Waals surface area contributed by atoms with Crippen LogP contribution in [0.5, 0.6) is 0 Å². The molecule has 2 atom stereocenters. The first-order chi connectivity index (χ1) is 18.5. The lowest BCUT2D eigenvalue weighted by Crippen LogP contribution is -2.34. The maximum Gasteiger partial charge on any atom is 0.414 e. The summed E-state index contributed by atoms with van der Waals surface area (Å²) >= 11 is 10.3. The van der Waals surface area contributed by atoms with Crippen molar-refractivity contribution in [1.82, 2.24) is 4.98 Å². The molecule has 2 heterocycles. The quantitative estimate of drug-likeness (QED) is 0.276. The molecule has 2 fully saturated rings. The lowest BCUT2D eigenvalue weighted by Gasteiger charge is -2.27.